The molecular weight excluding hydrogens is 272 g/mol. The summed E-state index contributed by atoms with van der Waals surface area (Å²) in [5, 5.41) is 0. The number of rotatable bonds is 4. The van der Waals surface area contributed by atoms with E-state index in [-0.39, 0.29) is 5.78 Å². The highest BCUT2D eigenvalue weighted by Crippen LogP contribution is 2.38. The maximum atomic E-state index is 11.9. The topological polar surface area (TPSA) is 17.1 Å². The number of hydrogen-bond donors (Lipinski definition) is 0. The van der Waals surface area contributed by atoms with E-state index in [1.807, 2.05) is 55.5 Å². The largest absolute Gasteiger partial charge is 0.290 e. The molecule has 1 saturated heterocycles. The molecule has 1 fully saturated rings. The summed E-state index contributed by atoms with van der Waals surface area (Å²) in [6.45, 7) is 1.91. The molecule has 0 bridgehead atoms. The van der Waals surface area contributed by atoms with Crippen molar-refractivity contribution in [2.24, 2.45) is 0 Å². The second kappa shape index (κ2) is 7.41. The fraction of sp³-hybridized carbons (Fsp3) is 0.188. The molecule has 2 rings (SSSR count). The summed E-state index contributed by atoms with van der Waals surface area (Å²) in [5.74, 6) is 2.33. The zero-order chi connectivity index (χ0) is 13.5. The van der Waals surface area contributed by atoms with Crippen LogP contribution in [0.4, 0.5) is 0 Å². The van der Waals surface area contributed by atoms with Gasteiger partial charge in [0.2, 0.25) is 0 Å². The molecule has 19 heavy (non-hydrogen) atoms. The highest BCUT2D eigenvalue weighted by Gasteiger charge is 2.14. The van der Waals surface area contributed by atoms with Gasteiger partial charge in [-0.1, -0.05) is 48.6 Å². The first-order valence-corrected chi connectivity index (χ1v) is 8.15. The van der Waals surface area contributed by atoms with Gasteiger partial charge in [0.15, 0.2) is 5.78 Å². The van der Waals surface area contributed by atoms with Gasteiger partial charge < -0.3 is 0 Å². The number of ketones is 1. The molecule has 0 radical (unpaired) electrons. The summed E-state index contributed by atoms with van der Waals surface area (Å²) in [6, 6.07) is 10.1. The van der Waals surface area contributed by atoms with Crippen LogP contribution in [0.15, 0.2) is 58.4 Å². The molecule has 1 aromatic carbocycles. The number of benzene rings is 1. The fourth-order valence-electron chi connectivity index (χ4n) is 1.63. The van der Waals surface area contributed by atoms with Crippen LogP contribution < -0.4 is 0 Å². The lowest BCUT2D eigenvalue weighted by Crippen LogP contribution is -1.95. The van der Waals surface area contributed by atoms with Gasteiger partial charge in [-0.2, -0.15) is 0 Å². The molecule has 1 aliphatic heterocycles. The molecule has 3 heteroatoms. The Morgan fingerprint density at radius 2 is 1.79 bits per heavy atom. The van der Waals surface area contributed by atoms with E-state index in [1.165, 1.54) is 4.24 Å². The van der Waals surface area contributed by atoms with Crippen LogP contribution in [-0.4, -0.2) is 17.3 Å². The number of thioether (sulfide) groups is 2. The first-order valence-electron chi connectivity index (χ1n) is 6.18. The maximum Gasteiger partial charge on any atom is 0.183 e. The fourth-order valence-corrected chi connectivity index (χ4v) is 4.13. The van der Waals surface area contributed by atoms with Gasteiger partial charge in [0.1, 0.15) is 0 Å². The molecule has 0 aromatic heterocycles. The van der Waals surface area contributed by atoms with Crippen LogP contribution in [0.1, 0.15) is 12.5 Å². The molecule has 0 amide bonds. The van der Waals surface area contributed by atoms with Crippen molar-refractivity contribution >= 4 is 35.4 Å². The van der Waals surface area contributed by atoms with E-state index in [1.54, 1.807) is 29.6 Å². The zero-order valence-electron chi connectivity index (χ0n) is 10.8. The average molecular weight is 288 g/mol. The predicted molar refractivity (Wildman–Crippen MR) is 87.2 cm³/mol. The minimum atomic E-state index is 0.106. The summed E-state index contributed by atoms with van der Waals surface area (Å²) in [4.78, 5) is 11.9. The van der Waals surface area contributed by atoms with Crippen molar-refractivity contribution in [1.29, 1.82) is 0 Å². The van der Waals surface area contributed by atoms with Gasteiger partial charge in [0, 0.05) is 21.3 Å². The van der Waals surface area contributed by atoms with Gasteiger partial charge in [0.25, 0.3) is 0 Å². The van der Waals surface area contributed by atoms with Gasteiger partial charge in [-0.3, -0.25) is 4.79 Å². The second-order valence-corrected chi connectivity index (χ2v) is 6.57. The summed E-state index contributed by atoms with van der Waals surface area (Å²) in [5.41, 5.74) is 2.01. The van der Waals surface area contributed by atoms with Crippen LogP contribution in [0, 0.1) is 0 Å². The highest BCUT2D eigenvalue weighted by molar-refractivity contribution is 8.25. The quantitative estimate of drug-likeness (QED) is 0.598. The van der Waals surface area contributed by atoms with Crippen LogP contribution in [0.2, 0.25) is 0 Å². The van der Waals surface area contributed by atoms with Gasteiger partial charge >= 0.3 is 0 Å². The molecule has 1 nitrogen and oxygen atoms in total. The predicted octanol–water partition coefficient (Wildman–Crippen LogP) is 4.54. The van der Waals surface area contributed by atoms with Crippen molar-refractivity contribution in [2.45, 2.75) is 6.92 Å². The van der Waals surface area contributed by atoms with Gasteiger partial charge in [0.05, 0.1) is 0 Å². The van der Waals surface area contributed by atoms with E-state index in [2.05, 4.69) is 0 Å². The van der Waals surface area contributed by atoms with E-state index >= 15 is 0 Å². The minimum Gasteiger partial charge on any atom is -0.290 e. The minimum absolute atomic E-state index is 0.106. The molecule has 1 heterocycles. The van der Waals surface area contributed by atoms with E-state index in [4.69, 9.17) is 0 Å². The summed E-state index contributed by atoms with van der Waals surface area (Å²) in [6.07, 6.45) is 7.34. The first kappa shape index (κ1) is 14.2. The lowest BCUT2D eigenvalue weighted by molar-refractivity contribution is -0.111. The normalized spacial score (nSPS) is 15.5. The van der Waals surface area contributed by atoms with Crippen LogP contribution in [-0.2, 0) is 4.79 Å². The number of hydrogen-bond acceptors (Lipinski definition) is 3. The number of carbonyl (C=O) groups is 1. The SMILES string of the molecule is CC(C(=O)/C=C/C=C/c1ccccc1)=C1SCCS1. The Morgan fingerprint density at radius 1 is 1.11 bits per heavy atom. The van der Waals surface area contributed by atoms with Crippen molar-refractivity contribution < 1.29 is 4.79 Å². The van der Waals surface area contributed by atoms with Gasteiger partial charge in [-0.15, -0.1) is 23.5 Å². The summed E-state index contributed by atoms with van der Waals surface area (Å²) < 4.78 is 1.18. The monoisotopic (exact) mass is 288 g/mol. The third kappa shape index (κ3) is 4.44. The highest BCUT2D eigenvalue weighted by atomic mass is 32.2. The standard InChI is InChI=1S/C16H16OS2/c1-13(16-18-11-12-19-16)15(17)10-6-5-9-14-7-3-2-4-8-14/h2-10H,11-12H2,1H3/b9-5+,10-6+. The molecule has 0 aliphatic carbocycles. The third-order valence-electron chi connectivity index (χ3n) is 2.67. The van der Waals surface area contributed by atoms with Gasteiger partial charge in [-0.05, 0) is 18.6 Å². The molecular formula is C16H16OS2. The Kier molecular flexibility index (Phi) is 5.55. The van der Waals surface area contributed by atoms with Crippen LogP contribution in [0.25, 0.3) is 6.08 Å². The molecule has 98 valence electrons. The van der Waals surface area contributed by atoms with Crippen molar-refractivity contribution in [2.75, 3.05) is 11.5 Å². The van der Waals surface area contributed by atoms with Crippen molar-refractivity contribution in [3.8, 4) is 0 Å². The molecule has 0 atom stereocenters. The molecule has 1 aromatic rings. The Hall–Kier alpha value is -1.19. The van der Waals surface area contributed by atoms with E-state index in [0.717, 1.165) is 22.6 Å². The Bertz CT molecular complexity index is 519. The molecule has 0 spiro atoms. The van der Waals surface area contributed by atoms with Crippen LogP contribution in [0.5, 0.6) is 0 Å². The lowest BCUT2D eigenvalue weighted by atomic mass is 10.2. The van der Waals surface area contributed by atoms with Crippen LogP contribution in [0.3, 0.4) is 0 Å². The number of allylic oxidation sites excluding steroid dienone is 4. The Balaban J connectivity index is 1.94. The van der Waals surface area contributed by atoms with Crippen LogP contribution >= 0.6 is 23.5 Å². The van der Waals surface area contributed by atoms with E-state index < -0.39 is 0 Å². The number of carbonyl (C=O) groups excluding carboxylic acids is 1. The Labute approximate surface area is 122 Å². The van der Waals surface area contributed by atoms with Crippen molar-refractivity contribution in [1.82, 2.24) is 0 Å². The van der Waals surface area contributed by atoms with E-state index in [0.29, 0.717) is 0 Å². The summed E-state index contributed by atoms with van der Waals surface area (Å²) in [7, 11) is 0. The lowest BCUT2D eigenvalue weighted by Gasteiger charge is -1.99. The van der Waals surface area contributed by atoms with Crippen molar-refractivity contribution in [3.63, 3.8) is 0 Å². The maximum absolute atomic E-state index is 11.9. The Morgan fingerprint density at radius 3 is 2.47 bits per heavy atom. The molecule has 1 aliphatic rings. The molecule has 0 saturated carbocycles. The van der Waals surface area contributed by atoms with Crippen molar-refractivity contribution in [3.05, 3.63) is 63.9 Å². The zero-order valence-corrected chi connectivity index (χ0v) is 12.5. The van der Waals surface area contributed by atoms with Gasteiger partial charge in [-0.25, -0.2) is 0 Å². The smallest absolute Gasteiger partial charge is 0.183 e. The third-order valence-corrected chi connectivity index (χ3v) is 5.59. The first-order chi connectivity index (χ1) is 9.27. The molecule has 0 unspecified atom stereocenters. The average Bonchev–Trinajstić information content (AvgIpc) is 2.98. The second-order valence-electron chi connectivity index (χ2n) is 4.10. The summed E-state index contributed by atoms with van der Waals surface area (Å²) >= 11 is 3.57. The molecule has 0 N–H and O–H groups in total. The van der Waals surface area contributed by atoms with E-state index in [9.17, 15) is 4.79 Å².